The number of hydrogen-bond acceptors (Lipinski definition) is 6. The van der Waals surface area contributed by atoms with E-state index >= 15 is 0 Å². The van der Waals surface area contributed by atoms with Crippen molar-refractivity contribution in [2.45, 2.75) is 36.9 Å². The molecule has 0 atom stereocenters. The molecule has 3 aromatic rings. The molecule has 2 aliphatic rings. The Bertz CT molecular complexity index is 1260. The number of esters is 1. The van der Waals surface area contributed by atoms with Gasteiger partial charge in [-0.2, -0.15) is 5.26 Å². The van der Waals surface area contributed by atoms with Crippen LogP contribution in [0.1, 0.15) is 47.2 Å². The molecule has 5 rings (SSSR count). The second-order valence-corrected chi connectivity index (χ2v) is 8.24. The zero-order valence-corrected chi connectivity index (χ0v) is 17.1. The number of carbonyl (C=O) groups excluding carboxylic acids is 2. The van der Waals surface area contributed by atoms with Crippen LogP contribution >= 0.6 is 0 Å². The van der Waals surface area contributed by atoms with Crippen LogP contribution in [-0.2, 0) is 15.1 Å². The molecule has 8 heteroatoms. The summed E-state index contributed by atoms with van der Waals surface area (Å²) >= 11 is 0. The first-order chi connectivity index (χ1) is 15.4. The molecule has 2 aromatic carbocycles. The quantitative estimate of drug-likeness (QED) is 0.619. The second kappa shape index (κ2) is 7.32. The van der Waals surface area contributed by atoms with Gasteiger partial charge in [-0.05, 0) is 49.9 Å². The predicted molar refractivity (Wildman–Crippen MR) is 114 cm³/mol. The number of aliphatic hydroxyl groups is 1. The number of fused-ring (bicyclic) bond motifs is 2. The Morgan fingerprint density at radius 3 is 2.72 bits per heavy atom. The van der Waals surface area contributed by atoms with E-state index in [1.807, 2.05) is 18.2 Å². The summed E-state index contributed by atoms with van der Waals surface area (Å²) in [5, 5.41) is 22.8. The summed E-state index contributed by atoms with van der Waals surface area (Å²) < 4.78 is 7.39. The maximum Gasteiger partial charge on any atom is 0.339 e. The van der Waals surface area contributed by atoms with E-state index in [2.05, 4.69) is 16.4 Å². The van der Waals surface area contributed by atoms with Crippen molar-refractivity contribution in [1.82, 2.24) is 9.55 Å². The molecule has 0 bridgehead atoms. The van der Waals surface area contributed by atoms with Gasteiger partial charge in [0, 0.05) is 11.3 Å². The SMILES string of the molecule is N#Cc1cccc(-n2cnc(NC(=O)C3(O)CCC4(CC3)OC(=O)c3ccccc34)c2)c1. The molecule has 1 spiro atoms. The summed E-state index contributed by atoms with van der Waals surface area (Å²) in [6, 6.07) is 16.4. The van der Waals surface area contributed by atoms with Crippen molar-refractivity contribution in [3.05, 3.63) is 77.7 Å². The lowest BCUT2D eigenvalue weighted by Crippen LogP contribution is -2.49. The number of rotatable bonds is 3. The molecule has 160 valence electrons. The first-order valence-corrected chi connectivity index (χ1v) is 10.3. The topological polar surface area (TPSA) is 117 Å². The number of nitrogens with one attached hydrogen (secondary N) is 1. The minimum absolute atomic E-state index is 0.158. The molecule has 2 N–H and O–H groups in total. The van der Waals surface area contributed by atoms with Gasteiger partial charge in [-0.25, -0.2) is 9.78 Å². The molecule has 0 saturated heterocycles. The Morgan fingerprint density at radius 1 is 1.16 bits per heavy atom. The van der Waals surface area contributed by atoms with Crippen LogP contribution in [0, 0.1) is 11.3 Å². The van der Waals surface area contributed by atoms with Crippen molar-refractivity contribution in [3.63, 3.8) is 0 Å². The van der Waals surface area contributed by atoms with Crippen LogP contribution < -0.4 is 5.32 Å². The molecule has 0 radical (unpaired) electrons. The molecule has 32 heavy (non-hydrogen) atoms. The highest BCUT2D eigenvalue weighted by atomic mass is 16.6. The number of imidazole rings is 1. The van der Waals surface area contributed by atoms with Gasteiger partial charge in [0.05, 0.1) is 23.4 Å². The van der Waals surface area contributed by atoms with Crippen LogP contribution in [0.4, 0.5) is 5.82 Å². The number of aromatic nitrogens is 2. The van der Waals surface area contributed by atoms with Gasteiger partial charge in [0.1, 0.15) is 17.5 Å². The lowest BCUT2D eigenvalue weighted by molar-refractivity contribution is -0.144. The summed E-state index contributed by atoms with van der Waals surface area (Å²) in [6.07, 6.45) is 4.18. The third-order valence-corrected chi connectivity index (χ3v) is 6.33. The molecule has 1 aromatic heterocycles. The average molecular weight is 428 g/mol. The van der Waals surface area contributed by atoms with Crippen molar-refractivity contribution < 1.29 is 19.4 Å². The normalized spacial score (nSPS) is 23.9. The number of ether oxygens (including phenoxy) is 1. The van der Waals surface area contributed by atoms with Crippen LogP contribution in [-0.4, -0.2) is 32.1 Å². The number of carbonyl (C=O) groups is 2. The van der Waals surface area contributed by atoms with E-state index in [1.54, 1.807) is 41.1 Å². The highest BCUT2D eigenvalue weighted by molar-refractivity contribution is 5.97. The summed E-state index contributed by atoms with van der Waals surface area (Å²) in [5.41, 5.74) is 0.255. The third kappa shape index (κ3) is 3.24. The van der Waals surface area contributed by atoms with Crippen molar-refractivity contribution in [2.75, 3.05) is 5.32 Å². The van der Waals surface area contributed by atoms with Crippen LogP contribution in [0.15, 0.2) is 61.1 Å². The maximum absolute atomic E-state index is 12.9. The number of anilines is 1. The van der Waals surface area contributed by atoms with Gasteiger partial charge < -0.3 is 19.7 Å². The Labute approximate surface area is 184 Å². The van der Waals surface area contributed by atoms with Gasteiger partial charge in [-0.1, -0.05) is 24.3 Å². The first-order valence-electron chi connectivity index (χ1n) is 10.3. The van der Waals surface area contributed by atoms with Crippen molar-refractivity contribution in [2.24, 2.45) is 0 Å². The van der Waals surface area contributed by atoms with E-state index in [0.717, 1.165) is 11.3 Å². The summed E-state index contributed by atoms with van der Waals surface area (Å²) in [4.78, 5) is 29.3. The number of nitriles is 1. The summed E-state index contributed by atoms with van der Waals surface area (Å²) in [5.74, 6) is -0.605. The van der Waals surface area contributed by atoms with E-state index in [9.17, 15) is 14.7 Å². The molecule has 1 aliphatic carbocycles. The minimum atomic E-state index is -1.58. The average Bonchev–Trinajstić information content (AvgIpc) is 3.39. The molecule has 8 nitrogen and oxygen atoms in total. The van der Waals surface area contributed by atoms with Gasteiger partial charge in [-0.3, -0.25) is 4.79 Å². The number of nitrogens with zero attached hydrogens (tertiary/aromatic N) is 3. The predicted octanol–water partition coefficient (Wildman–Crippen LogP) is 3.05. The minimum Gasteiger partial charge on any atom is -0.451 e. The summed E-state index contributed by atoms with van der Waals surface area (Å²) in [6.45, 7) is 0. The van der Waals surface area contributed by atoms with Crippen LogP contribution in [0.25, 0.3) is 5.69 Å². The van der Waals surface area contributed by atoms with Crippen LogP contribution in [0.5, 0.6) is 0 Å². The molecule has 1 saturated carbocycles. The lowest BCUT2D eigenvalue weighted by Gasteiger charge is -2.40. The van der Waals surface area contributed by atoms with Gasteiger partial charge in [0.2, 0.25) is 0 Å². The molecule has 2 heterocycles. The first kappa shape index (κ1) is 20.0. The van der Waals surface area contributed by atoms with E-state index in [4.69, 9.17) is 10.00 Å². The van der Waals surface area contributed by atoms with Gasteiger partial charge in [0.25, 0.3) is 5.91 Å². The highest BCUT2D eigenvalue weighted by Crippen LogP contribution is 2.49. The Morgan fingerprint density at radius 2 is 1.94 bits per heavy atom. The Kier molecular flexibility index (Phi) is 4.57. The van der Waals surface area contributed by atoms with E-state index < -0.39 is 17.1 Å². The maximum atomic E-state index is 12.9. The zero-order valence-electron chi connectivity index (χ0n) is 17.1. The van der Waals surface area contributed by atoms with Crippen molar-refractivity contribution in [3.8, 4) is 11.8 Å². The molecule has 0 unspecified atom stereocenters. The van der Waals surface area contributed by atoms with Crippen LogP contribution in [0.2, 0.25) is 0 Å². The van der Waals surface area contributed by atoms with E-state index in [-0.39, 0.29) is 18.8 Å². The molecular weight excluding hydrogens is 408 g/mol. The van der Waals surface area contributed by atoms with Gasteiger partial charge >= 0.3 is 5.97 Å². The lowest BCUT2D eigenvalue weighted by atomic mass is 9.72. The van der Waals surface area contributed by atoms with E-state index in [0.29, 0.717) is 29.8 Å². The fraction of sp³-hybridized carbons (Fsp3) is 0.250. The monoisotopic (exact) mass is 428 g/mol. The second-order valence-electron chi connectivity index (χ2n) is 8.24. The fourth-order valence-electron chi connectivity index (χ4n) is 4.51. The van der Waals surface area contributed by atoms with Crippen molar-refractivity contribution >= 4 is 17.7 Å². The largest absolute Gasteiger partial charge is 0.451 e. The smallest absolute Gasteiger partial charge is 0.339 e. The van der Waals surface area contributed by atoms with E-state index in [1.165, 1.54) is 6.33 Å². The van der Waals surface area contributed by atoms with Gasteiger partial charge in [0.15, 0.2) is 5.82 Å². The number of benzene rings is 2. The standard InChI is InChI=1S/C24H20N4O4/c25-13-16-4-3-5-17(12-16)28-14-20(26-15-28)27-22(30)23(31)8-10-24(11-9-23)19-7-2-1-6-18(19)21(29)32-24/h1-7,12,14-15,31H,8-11H2,(H,27,30). The highest BCUT2D eigenvalue weighted by Gasteiger charge is 2.52. The van der Waals surface area contributed by atoms with Gasteiger partial charge in [-0.15, -0.1) is 0 Å². The molecule has 1 fully saturated rings. The number of amides is 1. The van der Waals surface area contributed by atoms with Crippen LogP contribution in [0.3, 0.4) is 0 Å². The molecule has 1 aliphatic heterocycles. The molecular formula is C24H20N4O4. The zero-order chi connectivity index (χ0) is 22.3. The Hall–Kier alpha value is -3.96. The molecule has 1 amide bonds. The Balaban J connectivity index is 1.29. The number of hydrogen-bond donors (Lipinski definition) is 2. The van der Waals surface area contributed by atoms with Crippen molar-refractivity contribution in [1.29, 1.82) is 5.26 Å². The summed E-state index contributed by atoms with van der Waals surface area (Å²) in [7, 11) is 0. The third-order valence-electron chi connectivity index (χ3n) is 6.33. The fourth-order valence-corrected chi connectivity index (χ4v) is 4.51.